The van der Waals surface area contributed by atoms with Gasteiger partial charge in [-0.3, -0.25) is 4.79 Å². The molecule has 2 aliphatic rings. The highest BCUT2D eigenvalue weighted by atomic mass is 16.2. The first-order valence-corrected chi connectivity index (χ1v) is 8.40. The van der Waals surface area contributed by atoms with Gasteiger partial charge >= 0.3 is 0 Å². The summed E-state index contributed by atoms with van der Waals surface area (Å²) in [5.41, 5.74) is 2.65. The van der Waals surface area contributed by atoms with Crippen LogP contribution in [0.2, 0.25) is 0 Å². The van der Waals surface area contributed by atoms with Gasteiger partial charge in [0.25, 0.3) is 0 Å². The number of aryl methyl sites for hydroxylation is 1. The smallest absolute Gasteiger partial charge is 0.230 e. The lowest BCUT2D eigenvalue weighted by Gasteiger charge is -2.37. The number of benzene rings is 1. The van der Waals surface area contributed by atoms with E-state index in [2.05, 4.69) is 41.4 Å². The number of amides is 1. The molecule has 2 unspecified atom stereocenters. The quantitative estimate of drug-likeness (QED) is 0.926. The molecule has 3 rings (SSSR count). The van der Waals surface area contributed by atoms with E-state index in [1.165, 1.54) is 17.5 Å². The molecular formula is C18H26N2O. The van der Waals surface area contributed by atoms with Gasteiger partial charge < -0.3 is 10.2 Å². The van der Waals surface area contributed by atoms with Gasteiger partial charge in [0.2, 0.25) is 5.91 Å². The van der Waals surface area contributed by atoms with E-state index in [0.717, 1.165) is 45.3 Å². The number of carbonyl (C=O) groups is 1. The predicted molar refractivity (Wildman–Crippen MR) is 85.4 cm³/mol. The standard InChI is InChI=1S/C18H26N2O/c1-2-20(15-9-6-12-19-13-15)18(21)17-11-5-8-14-7-3-4-10-16(14)17/h3-4,7,10,15,17,19H,2,5-6,8-9,11-13H2,1H3. The van der Waals surface area contributed by atoms with Gasteiger partial charge in [-0.25, -0.2) is 0 Å². The van der Waals surface area contributed by atoms with Crippen molar-refractivity contribution >= 4 is 5.91 Å². The predicted octanol–water partition coefficient (Wildman–Crippen LogP) is 2.71. The highest BCUT2D eigenvalue weighted by molar-refractivity contribution is 5.84. The Kier molecular flexibility index (Phi) is 4.59. The van der Waals surface area contributed by atoms with Crippen LogP contribution in [0.5, 0.6) is 0 Å². The summed E-state index contributed by atoms with van der Waals surface area (Å²) in [6, 6.07) is 8.89. The van der Waals surface area contributed by atoms with E-state index in [9.17, 15) is 4.79 Å². The molecule has 0 bridgehead atoms. The van der Waals surface area contributed by atoms with Gasteiger partial charge in [0, 0.05) is 19.1 Å². The lowest BCUT2D eigenvalue weighted by Crippen LogP contribution is -2.50. The van der Waals surface area contributed by atoms with E-state index in [0.29, 0.717) is 11.9 Å². The van der Waals surface area contributed by atoms with Crippen molar-refractivity contribution in [2.75, 3.05) is 19.6 Å². The van der Waals surface area contributed by atoms with Crippen LogP contribution in [0.15, 0.2) is 24.3 Å². The maximum Gasteiger partial charge on any atom is 0.230 e. The summed E-state index contributed by atoms with van der Waals surface area (Å²) in [7, 11) is 0. The number of likely N-dealkylation sites (N-methyl/N-ethyl adjacent to an activating group) is 1. The van der Waals surface area contributed by atoms with Gasteiger partial charge in [-0.05, 0) is 56.7 Å². The van der Waals surface area contributed by atoms with Gasteiger partial charge in [0.1, 0.15) is 0 Å². The highest BCUT2D eigenvalue weighted by Crippen LogP contribution is 2.33. The number of nitrogens with zero attached hydrogens (tertiary/aromatic N) is 1. The molecule has 1 amide bonds. The maximum absolute atomic E-state index is 13.1. The van der Waals surface area contributed by atoms with Crippen LogP contribution in [0.25, 0.3) is 0 Å². The third-order valence-electron chi connectivity index (χ3n) is 5.00. The number of piperidine rings is 1. The summed E-state index contributed by atoms with van der Waals surface area (Å²) in [5.74, 6) is 0.426. The molecule has 0 aromatic heterocycles. The first kappa shape index (κ1) is 14.6. The Hall–Kier alpha value is -1.35. The molecule has 1 aromatic rings. The first-order chi connectivity index (χ1) is 10.3. The SMILES string of the molecule is CCN(C(=O)C1CCCc2ccccc21)C1CCCNC1. The number of rotatable bonds is 3. The van der Waals surface area contributed by atoms with Crippen molar-refractivity contribution in [3.63, 3.8) is 0 Å². The zero-order valence-corrected chi connectivity index (χ0v) is 13.0. The molecule has 1 N–H and O–H groups in total. The highest BCUT2D eigenvalue weighted by Gasteiger charge is 2.32. The molecule has 3 nitrogen and oxygen atoms in total. The van der Waals surface area contributed by atoms with Crippen LogP contribution in [0.4, 0.5) is 0 Å². The largest absolute Gasteiger partial charge is 0.338 e. The van der Waals surface area contributed by atoms with Crippen LogP contribution >= 0.6 is 0 Å². The molecule has 1 aromatic carbocycles. The van der Waals surface area contributed by atoms with Gasteiger partial charge in [0.15, 0.2) is 0 Å². The molecule has 1 aliphatic heterocycles. The van der Waals surface area contributed by atoms with Gasteiger partial charge in [-0.1, -0.05) is 24.3 Å². The molecule has 2 atom stereocenters. The van der Waals surface area contributed by atoms with Crippen molar-refractivity contribution in [3.8, 4) is 0 Å². The van der Waals surface area contributed by atoms with E-state index >= 15 is 0 Å². The van der Waals surface area contributed by atoms with Crippen molar-refractivity contribution in [3.05, 3.63) is 35.4 Å². The fourth-order valence-electron chi connectivity index (χ4n) is 3.90. The Bertz CT molecular complexity index is 494. The molecule has 0 saturated carbocycles. The summed E-state index contributed by atoms with van der Waals surface area (Å²) < 4.78 is 0. The van der Waals surface area contributed by atoms with Crippen molar-refractivity contribution in [1.82, 2.24) is 10.2 Å². The molecule has 3 heteroatoms. The first-order valence-electron chi connectivity index (χ1n) is 8.40. The zero-order chi connectivity index (χ0) is 14.7. The van der Waals surface area contributed by atoms with E-state index in [1.807, 2.05) is 0 Å². The molecule has 0 spiro atoms. The second-order valence-corrected chi connectivity index (χ2v) is 6.27. The lowest BCUT2D eigenvalue weighted by atomic mass is 9.81. The summed E-state index contributed by atoms with van der Waals surface area (Å²) in [6.45, 7) is 4.98. The fraction of sp³-hybridized carbons (Fsp3) is 0.611. The number of nitrogens with one attached hydrogen (secondary N) is 1. The summed E-state index contributed by atoms with van der Waals surface area (Å²) in [6.07, 6.45) is 5.58. The van der Waals surface area contributed by atoms with Crippen LogP contribution < -0.4 is 5.32 Å². The summed E-state index contributed by atoms with van der Waals surface area (Å²) in [4.78, 5) is 15.2. The van der Waals surface area contributed by atoms with Gasteiger partial charge in [-0.2, -0.15) is 0 Å². The minimum Gasteiger partial charge on any atom is -0.338 e. The van der Waals surface area contributed by atoms with Crippen LogP contribution in [0, 0.1) is 0 Å². The second-order valence-electron chi connectivity index (χ2n) is 6.27. The molecule has 1 saturated heterocycles. The molecule has 1 aliphatic carbocycles. The van der Waals surface area contributed by atoms with Crippen molar-refractivity contribution in [2.24, 2.45) is 0 Å². The van der Waals surface area contributed by atoms with Gasteiger partial charge in [0.05, 0.1) is 5.92 Å². The normalized spacial score (nSPS) is 25.2. The van der Waals surface area contributed by atoms with Crippen molar-refractivity contribution in [1.29, 1.82) is 0 Å². The lowest BCUT2D eigenvalue weighted by molar-refractivity contribution is -0.135. The van der Waals surface area contributed by atoms with Crippen LogP contribution in [-0.2, 0) is 11.2 Å². The Balaban J connectivity index is 1.80. The van der Waals surface area contributed by atoms with Crippen LogP contribution in [0.1, 0.15) is 49.7 Å². The average Bonchev–Trinajstić information content (AvgIpc) is 2.56. The molecule has 0 radical (unpaired) electrons. The molecular weight excluding hydrogens is 260 g/mol. The number of fused-ring (bicyclic) bond motifs is 1. The Morgan fingerprint density at radius 3 is 2.90 bits per heavy atom. The Labute approximate surface area is 127 Å². The number of hydrogen-bond acceptors (Lipinski definition) is 2. The third-order valence-corrected chi connectivity index (χ3v) is 5.00. The van der Waals surface area contributed by atoms with E-state index in [4.69, 9.17) is 0 Å². The number of hydrogen-bond donors (Lipinski definition) is 1. The Morgan fingerprint density at radius 2 is 2.14 bits per heavy atom. The van der Waals surface area contributed by atoms with Crippen LogP contribution in [0.3, 0.4) is 0 Å². The van der Waals surface area contributed by atoms with E-state index < -0.39 is 0 Å². The molecule has 114 valence electrons. The molecule has 1 heterocycles. The van der Waals surface area contributed by atoms with E-state index in [1.54, 1.807) is 0 Å². The van der Waals surface area contributed by atoms with Gasteiger partial charge in [-0.15, -0.1) is 0 Å². The molecule has 21 heavy (non-hydrogen) atoms. The third kappa shape index (κ3) is 2.98. The topological polar surface area (TPSA) is 32.3 Å². The molecule has 1 fully saturated rings. The van der Waals surface area contributed by atoms with E-state index in [-0.39, 0.29) is 5.92 Å². The second kappa shape index (κ2) is 6.61. The minimum absolute atomic E-state index is 0.0804. The maximum atomic E-state index is 13.1. The van der Waals surface area contributed by atoms with Crippen LogP contribution in [-0.4, -0.2) is 36.5 Å². The van der Waals surface area contributed by atoms with Crippen molar-refractivity contribution in [2.45, 2.75) is 51.0 Å². The van der Waals surface area contributed by atoms with Crippen molar-refractivity contribution < 1.29 is 4.79 Å². The zero-order valence-electron chi connectivity index (χ0n) is 13.0. The monoisotopic (exact) mass is 286 g/mol. The average molecular weight is 286 g/mol. The Morgan fingerprint density at radius 1 is 1.29 bits per heavy atom. The summed E-state index contributed by atoms with van der Waals surface area (Å²) in [5, 5.41) is 3.43. The number of carbonyl (C=O) groups excluding carboxylic acids is 1. The minimum atomic E-state index is 0.0804. The summed E-state index contributed by atoms with van der Waals surface area (Å²) >= 11 is 0. The fourth-order valence-corrected chi connectivity index (χ4v) is 3.90.